The normalized spacial score (nSPS) is 24.6. The van der Waals surface area contributed by atoms with Gasteiger partial charge in [0.15, 0.2) is 0 Å². The molecule has 3 atom stereocenters. The van der Waals surface area contributed by atoms with E-state index in [4.69, 9.17) is 23.2 Å². The first kappa shape index (κ1) is 15.1. The van der Waals surface area contributed by atoms with Gasteiger partial charge in [-0.25, -0.2) is 0 Å². The van der Waals surface area contributed by atoms with Crippen LogP contribution >= 0.6 is 23.2 Å². The Morgan fingerprint density at radius 1 is 1.37 bits per heavy atom. The van der Waals surface area contributed by atoms with Crippen molar-refractivity contribution in [2.45, 2.75) is 44.8 Å². The quantitative estimate of drug-likeness (QED) is 0.854. The first-order valence-corrected chi connectivity index (χ1v) is 7.73. The van der Waals surface area contributed by atoms with Gasteiger partial charge in [0.25, 0.3) is 0 Å². The highest BCUT2D eigenvalue weighted by Crippen LogP contribution is 2.30. The van der Waals surface area contributed by atoms with Crippen LogP contribution in [0.4, 0.5) is 0 Å². The first-order chi connectivity index (χ1) is 9.11. The molecular weight excluding hydrogens is 281 g/mol. The maximum absolute atomic E-state index is 9.85. The Bertz CT molecular complexity index is 425. The summed E-state index contributed by atoms with van der Waals surface area (Å²) in [6.45, 7) is 2.98. The van der Waals surface area contributed by atoms with Gasteiger partial charge >= 0.3 is 0 Å². The molecule has 106 valence electrons. The zero-order chi connectivity index (χ0) is 13.8. The number of halogens is 2. The number of nitrogens with one attached hydrogen (secondary N) is 1. The van der Waals surface area contributed by atoms with E-state index < -0.39 is 0 Å². The van der Waals surface area contributed by atoms with E-state index in [2.05, 4.69) is 12.2 Å². The molecule has 1 aliphatic carbocycles. The molecular formula is C15H21Cl2NO. The minimum atomic E-state index is -0.148. The minimum Gasteiger partial charge on any atom is -0.393 e. The van der Waals surface area contributed by atoms with Crippen LogP contribution in [0.3, 0.4) is 0 Å². The average molecular weight is 302 g/mol. The summed E-state index contributed by atoms with van der Waals surface area (Å²) < 4.78 is 0. The van der Waals surface area contributed by atoms with Crippen LogP contribution in [-0.4, -0.2) is 17.8 Å². The van der Waals surface area contributed by atoms with Crippen molar-refractivity contribution in [3.05, 3.63) is 33.8 Å². The lowest BCUT2D eigenvalue weighted by molar-refractivity contribution is 0.129. The second kappa shape index (κ2) is 6.94. The Balaban J connectivity index is 1.99. The molecule has 0 radical (unpaired) electrons. The summed E-state index contributed by atoms with van der Waals surface area (Å²) in [5.41, 5.74) is 1.08. The van der Waals surface area contributed by atoms with Gasteiger partial charge in [-0.15, -0.1) is 0 Å². The molecule has 1 aliphatic rings. The van der Waals surface area contributed by atoms with Crippen LogP contribution in [0, 0.1) is 5.92 Å². The van der Waals surface area contributed by atoms with Crippen molar-refractivity contribution >= 4 is 23.2 Å². The number of rotatable bonds is 5. The van der Waals surface area contributed by atoms with Gasteiger partial charge in [0.1, 0.15) is 0 Å². The number of aliphatic hydroxyl groups is 1. The average Bonchev–Trinajstić information content (AvgIpc) is 2.78. The molecule has 1 aromatic carbocycles. The molecule has 0 amide bonds. The number of hydrogen-bond acceptors (Lipinski definition) is 2. The Labute approximate surface area is 125 Å². The van der Waals surface area contributed by atoms with Gasteiger partial charge in [0.2, 0.25) is 0 Å². The molecule has 0 aliphatic heterocycles. The maximum Gasteiger partial charge on any atom is 0.0580 e. The Hall–Kier alpha value is -0.280. The highest BCUT2D eigenvalue weighted by Gasteiger charge is 2.25. The highest BCUT2D eigenvalue weighted by molar-refractivity contribution is 6.35. The van der Waals surface area contributed by atoms with E-state index in [9.17, 15) is 5.11 Å². The lowest BCUT2D eigenvalue weighted by atomic mass is 10.0. The second-order valence-corrected chi connectivity index (χ2v) is 6.14. The van der Waals surface area contributed by atoms with Crippen LogP contribution in [0.5, 0.6) is 0 Å². The van der Waals surface area contributed by atoms with Gasteiger partial charge in [-0.2, -0.15) is 0 Å². The third-order valence-electron chi connectivity index (χ3n) is 3.99. The molecule has 0 spiro atoms. The Kier molecular flexibility index (Phi) is 5.52. The molecule has 0 saturated heterocycles. The summed E-state index contributed by atoms with van der Waals surface area (Å²) in [5, 5.41) is 14.8. The van der Waals surface area contributed by atoms with Crippen LogP contribution in [0.15, 0.2) is 18.2 Å². The van der Waals surface area contributed by atoms with Crippen molar-refractivity contribution in [2.75, 3.05) is 6.54 Å². The number of aliphatic hydroxyl groups excluding tert-OH is 1. The largest absolute Gasteiger partial charge is 0.393 e. The Morgan fingerprint density at radius 3 is 2.74 bits per heavy atom. The number of hydrogen-bond donors (Lipinski definition) is 2. The van der Waals surface area contributed by atoms with Crippen LogP contribution in [0.1, 0.15) is 44.2 Å². The van der Waals surface area contributed by atoms with Gasteiger partial charge in [-0.1, -0.05) is 42.6 Å². The molecule has 19 heavy (non-hydrogen) atoms. The van der Waals surface area contributed by atoms with E-state index in [1.165, 1.54) is 0 Å². The summed E-state index contributed by atoms with van der Waals surface area (Å²) in [6.07, 6.45) is 3.99. The summed E-state index contributed by atoms with van der Waals surface area (Å²) in [4.78, 5) is 0. The van der Waals surface area contributed by atoms with E-state index in [0.717, 1.165) is 37.8 Å². The van der Waals surface area contributed by atoms with Gasteiger partial charge in [0, 0.05) is 22.6 Å². The van der Waals surface area contributed by atoms with Gasteiger partial charge in [0.05, 0.1) is 6.10 Å². The van der Waals surface area contributed by atoms with E-state index in [1.54, 1.807) is 6.07 Å². The van der Waals surface area contributed by atoms with Crippen molar-refractivity contribution in [3.63, 3.8) is 0 Å². The highest BCUT2D eigenvalue weighted by atomic mass is 35.5. The second-order valence-electron chi connectivity index (χ2n) is 5.29. The summed E-state index contributed by atoms with van der Waals surface area (Å²) >= 11 is 12.2. The topological polar surface area (TPSA) is 32.3 Å². The SMILES string of the molecule is CCC(NCC1CCCC1O)c1ccc(Cl)cc1Cl. The zero-order valence-electron chi connectivity index (χ0n) is 11.2. The van der Waals surface area contributed by atoms with E-state index in [1.807, 2.05) is 12.1 Å². The molecule has 0 heterocycles. The van der Waals surface area contributed by atoms with Crippen molar-refractivity contribution in [2.24, 2.45) is 5.92 Å². The van der Waals surface area contributed by atoms with Gasteiger partial charge < -0.3 is 10.4 Å². The van der Waals surface area contributed by atoms with E-state index in [0.29, 0.717) is 16.0 Å². The summed E-state index contributed by atoms with van der Waals surface area (Å²) in [6, 6.07) is 5.86. The van der Waals surface area contributed by atoms with Crippen molar-refractivity contribution in [3.8, 4) is 0 Å². The van der Waals surface area contributed by atoms with Gasteiger partial charge in [-0.05, 0) is 42.9 Å². The standard InChI is InChI=1S/C15H21Cl2NO/c1-2-14(12-7-6-11(16)8-13(12)17)18-9-10-4-3-5-15(10)19/h6-8,10,14-15,18-19H,2-5,9H2,1H3. The molecule has 4 heteroatoms. The van der Waals surface area contributed by atoms with Crippen molar-refractivity contribution in [1.29, 1.82) is 0 Å². The lowest BCUT2D eigenvalue weighted by Crippen LogP contribution is -2.30. The molecule has 1 fully saturated rings. The molecule has 1 saturated carbocycles. The summed E-state index contributed by atoms with van der Waals surface area (Å²) in [5.74, 6) is 0.375. The predicted molar refractivity (Wildman–Crippen MR) is 80.8 cm³/mol. The molecule has 0 bridgehead atoms. The molecule has 2 nitrogen and oxygen atoms in total. The van der Waals surface area contributed by atoms with Crippen molar-refractivity contribution in [1.82, 2.24) is 5.32 Å². The van der Waals surface area contributed by atoms with Crippen LogP contribution in [0.2, 0.25) is 10.0 Å². The molecule has 2 rings (SSSR count). The van der Waals surface area contributed by atoms with Crippen molar-refractivity contribution < 1.29 is 5.11 Å². The van der Waals surface area contributed by atoms with E-state index in [-0.39, 0.29) is 12.1 Å². The summed E-state index contributed by atoms with van der Waals surface area (Å²) in [7, 11) is 0. The van der Waals surface area contributed by atoms with Gasteiger partial charge in [-0.3, -0.25) is 0 Å². The third kappa shape index (κ3) is 3.85. The molecule has 3 unspecified atom stereocenters. The fourth-order valence-electron chi connectivity index (χ4n) is 2.81. The molecule has 1 aromatic rings. The Morgan fingerprint density at radius 2 is 2.16 bits per heavy atom. The fraction of sp³-hybridized carbons (Fsp3) is 0.600. The number of benzene rings is 1. The zero-order valence-corrected chi connectivity index (χ0v) is 12.7. The maximum atomic E-state index is 9.85. The van der Waals surface area contributed by atoms with Crippen LogP contribution in [-0.2, 0) is 0 Å². The first-order valence-electron chi connectivity index (χ1n) is 6.98. The third-order valence-corrected chi connectivity index (χ3v) is 4.55. The van der Waals surface area contributed by atoms with Crippen LogP contribution in [0.25, 0.3) is 0 Å². The minimum absolute atomic E-state index is 0.148. The predicted octanol–water partition coefficient (Wildman–Crippen LogP) is 4.20. The van der Waals surface area contributed by atoms with Crippen LogP contribution < -0.4 is 5.32 Å². The smallest absolute Gasteiger partial charge is 0.0580 e. The molecule has 0 aromatic heterocycles. The molecule has 2 N–H and O–H groups in total. The monoisotopic (exact) mass is 301 g/mol. The van der Waals surface area contributed by atoms with E-state index >= 15 is 0 Å². The lowest BCUT2D eigenvalue weighted by Gasteiger charge is -2.22. The fourth-order valence-corrected chi connectivity index (χ4v) is 3.35.